The van der Waals surface area contributed by atoms with Gasteiger partial charge in [0.05, 0.1) is 6.21 Å². The summed E-state index contributed by atoms with van der Waals surface area (Å²) in [5, 5.41) is 5.60. The minimum absolute atomic E-state index is 0.194. The molecule has 0 rings (SSSR count). The maximum atomic E-state index is 10.4. The van der Waals surface area contributed by atoms with E-state index >= 15 is 0 Å². The molecule has 0 saturated carbocycles. The Kier molecular flexibility index (Phi) is 3.86. The summed E-state index contributed by atoms with van der Waals surface area (Å²) >= 11 is 0. The Hall–Kier alpha value is -1.39. The molecule has 0 heterocycles. The highest BCUT2D eigenvalue weighted by atomic mass is 16.1. The first-order valence-corrected chi connectivity index (χ1v) is 2.68. The van der Waals surface area contributed by atoms with Crippen LogP contribution < -0.4 is 11.2 Å². The fourth-order valence-corrected chi connectivity index (χ4v) is 0.397. The molecular formula is C5H10N4O. The van der Waals surface area contributed by atoms with Gasteiger partial charge in [0.2, 0.25) is 5.91 Å². The molecule has 0 aliphatic rings. The Morgan fingerprint density at radius 2 is 2.30 bits per heavy atom. The van der Waals surface area contributed by atoms with Crippen molar-refractivity contribution < 1.29 is 4.79 Å². The van der Waals surface area contributed by atoms with Gasteiger partial charge in [0.1, 0.15) is 5.84 Å². The Balaban J connectivity index is 3.98. The number of carbonyl (C=O) groups excluding carboxylic acids is 1. The lowest BCUT2D eigenvalue weighted by atomic mass is 10.6. The molecule has 5 heteroatoms. The number of hydrogen-bond donors (Lipinski definition) is 2. The summed E-state index contributed by atoms with van der Waals surface area (Å²) in [6.45, 7) is 1.38. The van der Waals surface area contributed by atoms with Gasteiger partial charge in [0, 0.05) is 14.0 Å². The van der Waals surface area contributed by atoms with E-state index in [9.17, 15) is 4.79 Å². The van der Waals surface area contributed by atoms with Crippen molar-refractivity contribution >= 4 is 18.0 Å². The third kappa shape index (κ3) is 3.59. The number of hydrogen-bond acceptors (Lipinski definition) is 4. The van der Waals surface area contributed by atoms with Crippen LogP contribution >= 0.6 is 0 Å². The van der Waals surface area contributed by atoms with Crippen LogP contribution in [0, 0.1) is 0 Å². The quantitative estimate of drug-likeness (QED) is 0.215. The summed E-state index contributed by atoms with van der Waals surface area (Å²) in [5.74, 6) is 4.98. The number of amidine groups is 1. The lowest BCUT2D eigenvalue weighted by Crippen LogP contribution is -2.29. The van der Waals surface area contributed by atoms with E-state index in [-0.39, 0.29) is 5.91 Å². The molecule has 0 aliphatic heterocycles. The highest BCUT2D eigenvalue weighted by Crippen LogP contribution is 1.66. The smallest absolute Gasteiger partial charge is 0.222 e. The molecule has 56 valence electrons. The number of nitrogens with one attached hydrogen (secondary N) is 1. The van der Waals surface area contributed by atoms with Gasteiger partial charge in [-0.05, 0) is 0 Å². The average molecular weight is 142 g/mol. The van der Waals surface area contributed by atoms with Crippen LogP contribution in [-0.4, -0.2) is 25.0 Å². The third-order valence-corrected chi connectivity index (χ3v) is 0.742. The zero-order chi connectivity index (χ0) is 7.98. The van der Waals surface area contributed by atoms with Crippen LogP contribution in [0.4, 0.5) is 0 Å². The Morgan fingerprint density at radius 1 is 1.70 bits per heavy atom. The van der Waals surface area contributed by atoms with E-state index in [4.69, 9.17) is 5.84 Å². The van der Waals surface area contributed by atoms with E-state index in [1.807, 2.05) is 0 Å². The summed E-state index contributed by atoms with van der Waals surface area (Å²) in [6, 6.07) is 0. The van der Waals surface area contributed by atoms with Gasteiger partial charge in [-0.15, -0.1) is 0 Å². The molecule has 0 aliphatic carbocycles. The molecule has 10 heavy (non-hydrogen) atoms. The van der Waals surface area contributed by atoms with Crippen LogP contribution in [-0.2, 0) is 4.79 Å². The van der Waals surface area contributed by atoms with Crippen LogP contribution in [0.3, 0.4) is 0 Å². The topological polar surface area (TPSA) is 79.8 Å². The molecule has 0 spiro atoms. The van der Waals surface area contributed by atoms with E-state index in [1.54, 1.807) is 0 Å². The van der Waals surface area contributed by atoms with Gasteiger partial charge in [0.25, 0.3) is 0 Å². The molecule has 0 saturated heterocycles. The summed E-state index contributed by atoms with van der Waals surface area (Å²) in [6.07, 6.45) is 1.27. The molecule has 0 radical (unpaired) electrons. The number of amides is 1. The molecular weight excluding hydrogens is 132 g/mol. The molecule has 0 aromatic carbocycles. The standard InChI is InChI=1S/C5H10N4O/c1-4(10)9-5(7-2)3-8-6/h3H,6H2,1-2H3,(H,7,9,10)/b8-3-. The maximum absolute atomic E-state index is 10.4. The van der Waals surface area contributed by atoms with Gasteiger partial charge in [0.15, 0.2) is 0 Å². The van der Waals surface area contributed by atoms with Crippen LogP contribution in [0.2, 0.25) is 0 Å². The molecule has 0 unspecified atom stereocenters. The van der Waals surface area contributed by atoms with Crippen molar-refractivity contribution in [3.8, 4) is 0 Å². The SMILES string of the molecule is CN=C(/C=N\N)NC(C)=O. The summed E-state index contributed by atoms with van der Waals surface area (Å²) in [5.41, 5.74) is 0. The predicted molar refractivity (Wildman–Crippen MR) is 39.9 cm³/mol. The van der Waals surface area contributed by atoms with Gasteiger partial charge in [-0.1, -0.05) is 0 Å². The fourth-order valence-electron chi connectivity index (χ4n) is 0.397. The minimum atomic E-state index is -0.194. The van der Waals surface area contributed by atoms with Gasteiger partial charge in [-0.3, -0.25) is 9.79 Å². The monoisotopic (exact) mass is 142 g/mol. The second-order valence-corrected chi connectivity index (χ2v) is 1.57. The second-order valence-electron chi connectivity index (χ2n) is 1.57. The first-order chi connectivity index (χ1) is 4.70. The van der Waals surface area contributed by atoms with Crippen molar-refractivity contribution in [3.05, 3.63) is 0 Å². The first-order valence-electron chi connectivity index (χ1n) is 2.68. The van der Waals surface area contributed by atoms with Gasteiger partial charge in [-0.25, -0.2) is 0 Å². The van der Waals surface area contributed by atoms with Crippen LogP contribution in [0.5, 0.6) is 0 Å². The number of rotatable bonds is 1. The lowest BCUT2D eigenvalue weighted by Gasteiger charge is -1.96. The van der Waals surface area contributed by atoms with Crippen LogP contribution in [0.15, 0.2) is 10.1 Å². The minimum Gasteiger partial charge on any atom is -0.323 e. The molecule has 3 N–H and O–H groups in total. The van der Waals surface area contributed by atoms with Crippen LogP contribution in [0.1, 0.15) is 6.92 Å². The molecule has 0 fully saturated rings. The predicted octanol–water partition coefficient (Wildman–Crippen LogP) is -0.905. The van der Waals surface area contributed by atoms with E-state index in [1.165, 1.54) is 20.2 Å². The number of carbonyl (C=O) groups is 1. The second kappa shape index (κ2) is 4.49. The number of nitrogens with two attached hydrogens (primary N) is 1. The van der Waals surface area contributed by atoms with E-state index < -0.39 is 0 Å². The number of hydrazone groups is 1. The zero-order valence-electron chi connectivity index (χ0n) is 5.96. The lowest BCUT2D eigenvalue weighted by molar-refractivity contribution is -0.117. The van der Waals surface area contributed by atoms with Gasteiger partial charge < -0.3 is 11.2 Å². The van der Waals surface area contributed by atoms with E-state index in [0.717, 1.165) is 0 Å². The normalized spacial score (nSPS) is 12.0. The Morgan fingerprint density at radius 3 is 2.60 bits per heavy atom. The summed E-state index contributed by atoms with van der Waals surface area (Å²) < 4.78 is 0. The Bertz CT molecular complexity index is 172. The first kappa shape index (κ1) is 8.61. The largest absolute Gasteiger partial charge is 0.323 e. The third-order valence-electron chi connectivity index (χ3n) is 0.742. The molecule has 0 aromatic heterocycles. The number of nitrogens with zero attached hydrogens (tertiary/aromatic N) is 2. The van der Waals surface area contributed by atoms with E-state index in [2.05, 4.69) is 15.4 Å². The van der Waals surface area contributed by atoms with Crippen molar-refractivity contribution in [3.63, 3.8) is 0 Å². The summed E-state index contributed by atoms with van der Waals surface area (Å²) in [4.78, 5) is 14.1. The Labute approximate surface area is 59.0 Å². The van der Waals surface area contributed by atoms with Gasteiger partial charge in [-0.2, -0.15) is 5.10 Å². The molecule has 1 amide bonds. The van der Waals surface area contributed by atoms with Crippen molar-refractivity contribution in [2.24, 2.45) is 15.9 Å². The number of aliphatic imine (C=N–C) groups is 1. The molecule has 0 atom stereocenters. The van der Waals surface area contributed by atoms with Crippen molar-refractivity contribution in [2.75, 3.05) is 7.05 Å². The maximum Gasteiger partial charge on any atom is 0.222 e. The van der Waals surface area contributed by atoms with Gasteiger partial charge >= 0.3 is 0 Å². The average Bonchev–Trinajstić information content (AvgIpc) is 1.86. The fraction of sp³-hybridized carbons (Fsp3) is 0.400. The summed E-state index contributed by atoms with van der Waals surface area (Å²) in [7, 11) is 1.53. The highest BCUT2D eigenvalue weighted by molar-refractivity contribution is 6.32. The van der Waals surface area contributed by atoms with Crippen LogP contribution in [0.25, 0.3) is 0 Å². The molecule has 0 bridgehead atoms. The van der Waals surface area contributed by atoms with Crippen molar-refractivity contribution in [2.45, 2.75) is 6.92 Å². The molecule has 5 nitrogen and oxygen atoms in total. The van der Waals surface area contributed by atoms with E-state index in [0.29, 0.717) is 5.84 Å². The zero-order valence-corrected chi connectivity index (χ0v) is 5.96. The molecule has 0 aromatic rings. The van der Waals surface area contributed by atoms with Crippen molar-refractivity contribution in [1.29, 1.82) is 0 Å². The highest BCUT2D eigenvalue weighted by Gasteiger charge is 1.93. The van der Waals surface area contributed by atoms with Crippen molar-refractivity contribution in [1.82, 2.24) is 5.32 Å².